The fourth-order valence-corrected chi connectivity index (χ4v) is 2.10. The van der Waals surface area contributed by atoms with E-state index in [0.29, 0.717) is 11.1 Å². The summed E-state index contributed by atoms with van der Waals surface area (Å²) in [5, 5.41) is 0. The van der Waals surface area contributed by atoms with Crippen LogP contribution in [0.4, 0.5) is 0 Å². The molecule has 0 amide bonds. The number of carbonyl (C=O) groups excluding carboxylic acids is 2. The van der Waals surface area contributed by atoms with Gasteiger partial charge in [-0.25, -0.2) is 0 Å². The molecule has 0 saturated carbocycles. The largest absolute Gasteiger partial charge is 0.289 e. The van der Waals surface area contributed by atoms with Gasteiger partial charge in [-0.2, -0.15) is 0 Å². The third-order valence-electron chi connectivity index (χ3n) is 3.04. The highest BCUT2D eigenvalue weighted by atomic mass is 16.1. The van der Waals surface area contributed by atoms with Gasteiger partial charge in [0.2, 0.25) is 0 Å². The molecule has 18 heavy (non-hydrogen) atoms. The second-order valence-corrected chi connectivity index (χ2v) is 4.19. The van der Waals surface area contributed by atoms with Crippen molar-refractivity contribution in [3.05, 3.63) is 71.8 Å². The molecule has 0 atom stereocenters. The number of hydrogen-bond acceptors (Lipinski definition) is 2. The topological polar surface area (TPSA) is 34.1 Å². The fourth-order valence-electron chi connectivity index (χ4n) is 2.10. The van der Waals surface area contributed by atoms with Crippen molar-refractivity contribution in [3.8, 4) is 11.1 Å². The Morgan fingerprint density at radius 1 is 0.611 bits per heavy atom. The quantitative estimate of drug-likeness (QED) is 0.758. The number of rotatable bonds is 1. The summed E-state index contributed by atoms with van der Waals surface area (Å²) in [7, 11) is 0. The summed E-state index contributed by atoms with van der Waals surface area (Å²) in [6.45, 7) is 0. The fraction of sp³-hybridized carbons (Fsp3) is 0. The Morgan fingerprint density at radius 2 is 1.28 bits per heavy atom. The van der Waals surface area contributed by atoms with E-state index in [1.165, 1.54) is 12.2 Å². The molecule has 0 aliphatic heterocycles. The molecular formula is C16H10O2. The predicted molar refractivity (Wildman–Crippen MR) is 69.7 cm³/mol. The molecule has 0 fully saturated rings. The molecule has 0 N–H and O–H groups in total. The number of ketones is 2. The summed E-state index contributed by atoms with van der Waals surface area (Å²) in [5.74, 6) is -0.216. The average molecular weight is 234 g/mol. The molecule has 2 heteroatoms. The maximum absolute atomic E-state index is 11.8. The Hall–Kier alpha value is -2.48. The third-order valence-corrected chi connectivity index (χ3v) is 3.04. The van der Waals surface area contributed by atoms with Crippen molar-refractivity contribution < 1.29 is 9.59 Å². The van der Waals surface area contributed by atoms with Gasteiger partial charge < -0.3 is 0 Å². The summed E-state index contributed by atoms with van der Waals surface area (Å²) in [6.07, 6.45) is 2.66. The lowest BCUT2D eigenvalue weighted by Gasteiger charge is -2.10. The molecule has 2 aromatic carbocycles. The van der Waals surface area contributed by atoms with Crippen LogP contribution in [0.1, 0.15) is 20.7 Å². The molecule has 2 nitrogen and oxygen atoms in total. The van der Waals surface area contributed by atoms with Crippen LogP contribution in [0.2, 0.25) is 0 Å². The maximum atomic E-state index is 11.8. The molecule has 0 heterocycles. The minimum atomic E-state index is -0.109. The van der Waals surface area contributed by atoms with E-state index in [2.05, 4.69) is 0 Å². The second kappa shape index (κ2) is 4.08. The highest BCUT2D eigenvalue weighted by Crippen LogP contribution is 2.25. The molecule has 0 spiro atoms. The van der Waals surface area contributed by atoms with Crippen LogP contribution in [-0.2, 0) is 0 Å². The molecule has 0 aromatic heterocycles. The average Bonchev–Trinajstić information content (AvgIpc) is 2.44. The molecule has 2 aromatic rings. The summed E-state index contributed by atoms with van der Waals surface area (Å²) in [4.78, 5) is 23.4. The van der Waals surface area contributed by atoms with Crippen LogP contribution in [0.15, 0.2) is 60.7 Å². The Balaban J connectivity index is 2.16. The second-order valence-electron chi connectivity index (χ2n) is 4.19. The first-order valence-electron chi connectivity index (χ1n) is 5.72. The minimum absolute atomic E-state index is 0.107. The van der Waals surface area contributed by atoms with E-state index in [9.17, 15) is 9.59 Å². The number of hydrogen-bond donors (Lipinski definition) is 0. The molecule has 0 radical (unpaired) electrons. The summed E-state index contributed by atoms with van der Waals surface area (Å²) < 4.78 is 0. The monoisotopic (exact) mass is 234 g/mol. The van der Waals surface area contributed by atoms with Crippen LogP contribution < -0.4 is 0 Å². The van der Waals surface area contributed by atoms with Crippen LogP contribution in [0.3, 0.4) is 0 Å². The molecule has 3 rings (SSSR count). The van der Waals surface area contributed by atoms with E-state index in [-0.39, 0.29) is 11.6 Å². The molecule has 0 unspecified atom stereocenters. The lowest BCUT2D eigenvalue weighted by Crippen LogP contribution is -2.11. The Kier molecular flexibility index (Phi) is 2.41. The van der Waals surface area contributed by atoms with Crippen molar-refractivity contribution in [2.24, 2.45) is 0 Å². The van der Waals surface area contributed by atoms with Crippen molar-refractivity contribution in [2.75, 3.05) is 0 Å². The number of allylic oxidation sites excluding steroid dienone is 2. The van der Waals surface area contributed by atoms with E-state index in [1.807, 2.05) is 36.4 Å². The van der Waals surface area contributed by atoms with Gasteiger partial charge in [-0.3, -0.25) is 9.59 Å². The van der Waals surface area contributed by atoms with Crippen LogP contribution >= 0.6 is 0 Å². The van der Waals surface area contributed by atoms with Gasteiger partial charge in [0.1, 0.15) is 0 Å². The SMILES string of the molecule is O=C1C=CC(=O)c2cc(-c3ccccc3)ccc21. The molecule has 86 valence electrons. The summed E-state index contributed by atoms with van der Waals surface area (Å²) in [5.41, 5.74) is 2.96. The third kappa shape index (κ3) is 1.68. The molecular weight excluding hydrogens is 224 g/mol. The van der Waals surface area contributed by atoms with Crippen molar-refractivity contribution >= 4 is 11.6 Å². The van der Waals surface area contributed by atoms with E-state index in [1.54, 1.807) is 12.1 Å². The Bertz CT molecular complexity index is 667. The van der Waals surface area contributed by atoms with Gasteiger partial charge in [-0.05, 0) is 35.4 Å². The van der Waals surface area contributed by atoms with Crippen LogP contribution in [-0.4, -0.2) is 11.6 Å². The number of fused-ring (bicyclic) bond motifs is 1. The van der Waals surface area contributed by atoms with Crippen LogP contribution in [0, 0.1) is 0 Å². The van der Waals surface area contributed by atoms with Gasteiger partial charge in [0, 0.05) is 11.1 Å². The van der Waals surface area contributed by atoms with Gasteiger partial charge in [0.15, 0.2) is 11.6 Å². The van der Waals surface area contributed by atoms with Crippen LogP contribution in [0.25, 0.3) is 11.1 Å². The van der Waals surface area contributed by atoms with Crippen molar-refractivity contribution in [1.29, 1.82) is 0 Å². The van der Waals surface area contributed by atoms with Crippen molar-refractivity contribution in [2.45, 2.75) is 0 Å². The standard InChI is InChI=1S/C16H10O2/c17-15-8-9-16(18)14-10-12(6-7-13(14)15)11-4-2-1-3-5-11/h1-10H. The minimum Gasteiger partial charge on any atom is -0.289 e. The van der Waals surface area contributed by atoms with E-state index < -0.39 is 0 Å². The first kappa shape index (κ1) is 10.7. The molecule has 0 bridgehead atoms. The molecule has 1 aliphatic carbocycles. The highest BCUT2D eigenvalue weighted by Gasteiger charge is 2.19. The number of carbonyl (C=O) groups is 2. The van der Waals surface area contributed by atoms with Gasteiger partial charge in [-0.1, -0.05) is 36.4 Å². The van der Waals surface area contributed by atoms with Gasteiger partial charge in [-0.15, -0.1) is 0 Å². The first-order chi connectivity index (χ1) is 8.75. The first-order valence-corrected chi connectivity index (χ1v) is 5.72. The zero-order chi connectivity index (χ0) is 12.5. The van der Waals surface area contributed by atoms with Crippen molar-refractivity contribution in [3.63, 3.8) is 0 Å². The van der Waals surface area contributed by atoms with Gasteiger partial charge >= 0.3 is 0 Å². The van der Waals surface area contributed by atoms with E-state index in [4.69, 9.17) is 0 Å². The van der Waals surface area contributed by atoms with E-state index in [0.717, 1.165) is 11.1 Å². The normalized spacial score (nSPS) is 13.6. The van der Waals surface area contributed by atoms with Crippen molar-refractivity contribution in [1.82, 2.24) is 0 Å². The lowest BCUT2D eigenvalue weighted by molar-refractivity contribution is 0.0994. The predicted octanol–water partition coefficient (Wildman–Crippen LogP) is 3.29. The smallest absolute Gasteiger partial charge is 0.186 e. The van der Waals surface area contributed by atoms with Gasteiger partial charge in [0.25, 0.3) is 0 Å². The zero-order valence-corrected chi connectivity index (χ0v) is 9.59. The van der Waals surface area contributed by atoms with Crippen LogP contribution in [0.5, 0.6) is 0 Å². The Morgan fingerprint density at radius 3 is 2.00 bits per heavy atom. The maximum Gasteiger partial charge on any atom is 0.186 e. The lowest BCUT2D eigenvalue weighted by atomic mass is 9.91. The molecule has 0 saturated heterocycles. The summed E-state index contributed by atoms with van der Waals surface area (Å²) >= 11 is 0. The molecule has 1 aliphatic rings. The highest BCUT2D eigenvalue weighted by molar-refractivity contribution is 6.22. The number of benzene rings is 2. The van der Waals surface area contributed by atoms with E-state index >= 15 is 0 Å². The van der Waals surface area contributed by atoms with Gasteiger partial charge in [0.05, 0.1) is 0 Å². The summed E-state index contributed by atoms with van der Waals surface area (Å²) in [6, 6.07) is 15.2. The Labute approximate surface area is 105 Å². The zero-order valence-electron chi connectivity index (χ0n) is 9.59.